The third-order valence-electron chi connectivity index (χ3n) is 4.46. The number of nitrogens with one attached hydrogen (secondary N) is 1. The van der Waals surface area contributed by atoms with E-state index in [2.05, 4.69) is 26.3 Å². The van der Waals surface area contributed by atoms with Crippen LogP contribution in [0.4, 0.5) is 10.2 Å². The Morgan fingerprint density at radius 2 is 2.00 bits per heavy atom. The lowest BCUT2D eigenvalue weighted by Gasteiger charge is -2.25. The quantitative estimate of drug-likeness (QED) is 0.695. The van der Waals surface area contributed by atoms with Crippen LogP contribution in [0.1, 0.15) is 23.5 Å². The SMILES string of the molecule is COc1ccc(Br)cc1[C@H]1CC(=O)Nc2c1cnn2-c1ccc(F)cc1. The highest BCUT2D eigenvalue weighted by atomic mass is 79.9. The van der Waals surface area contributed by atoms with Gasteiger partial charge in [-0.2, -0.15) is 5.10 Å². The molecule has 3 aromatic rings. The van der Waals surface area contributed by atoms with E-state index in [-0.39, 0.29) is 17.6 Å². The van der Waals surface area contributed by atoms with E-state index in [1.807, 2.05) is 18.2 Å². The Balaban J connectivity index is 1.84. The van der Waals surface area contributed by atoms with Gasteiger partial charge in [-0.3, -0.25) is 4.79 Å². The van der Waals surface area contributed by atoms with Gasteiger partial charge in [-0.05, 0) is 42.5 Å². The van der Waals surface area contributed by atoms with Crippen LogP contribution in [-0.2, 0) is 4.79 Å². The third kappa shape index (κ3) is 2.88. The monoisotopic (exact) mass is 415 g/mol. The largest absolute Gasteiger partial charge is 0.496 e. The lowest BCUT2D eigenvalue weighted by molar-refractivity contribution is -0.116. The number of hydrogen-bond acceptors (Lipinski definition) is 3. The maximum absolute atomic E-state index is 13.2. The molecule has 1 aliphatic rings. The van der Waals surface area contributed by atoms with Crippen molar-refractivity contribution in [2.45, 2.75) is 12.3 Å². The van der Waals surface area contributed by atoms with Crippen LogP contribution < -0.4 is 10.1 Å². The number of ether oxygens (including phenoxy) is 1. The Bertz CT molecular complexity index is 985. The number of carbonyl (C=O) groups excluding carboxylic acids is 1. The molecule has 7 heteroatoms. The average Bonchev–Trinajstić information content (AvgIpc) is 3.05. The molecule has 0 saturated heterocycles. The van der Waals surface area contributed by atoms with Gasteiger partial charge in [0.15, 0.2) is 0 Å². The van der Waals surface area contributed by atoms with E-state index in [4.69, 9.17) is 4.74 Å². The number of amides is 1. The van der Waals surface area contributed by atoms with Crippen molar-refractivity contribution < 1.29 is 13.9 Å². The minimum absolute atomic E-state index is 0.103. The maximum Gasteiger partial charge on any atom is 0.226 e. The molecule has 132 valence electrons. The van der Waals surface area contributed by atoms with Crippen molar-refractivity contribution in [1.82, 2.24) is 9.78 Å². The Morgan fingerprint density at radius 3 is 2.73 bits per heavy atom. The first kappa shape index (κ1) is 16.8. The molecule has 0 aliphatic carbocycles. The van der Waals surface area contributed by atoms with E-state index < -0.39 is 0 Å². The van der Waals surface area contributed by atoms with Crippen LogP contribution >= 0.6 is 15.9 Å². The topological polar surface area (TPSA) is 56.1 Å². The fraction of sp³-hybridized carbons (Fsp3) is 0.158. The van der Waals surface area contributed by atoms with Crippen LogP contribution in [-0.4, -0.2) is 22.8 Å². The highest BCUT2D eigenvalue weighted by molar-refractivity contribution is 9.10. The molecule has 4 rings (SSSR count). The number of aromatic nitrogens is 2. The molecule has 2 aromatic carbocycles. The fourth-order valence-corrected chi connectivity index (χ4v) is 3.63. The molecule has 0 bridgehead atoms. The van der Waals surface area contributed by atoms with Crippen molar-refractivity contribution in [1.29, 1.82) is 0 Å². The maximum atomic E-state index is 13.2. The van der Waals surface area contributed by atoms with E-state index >= 15 is 0 Å². The van der Waals surface area contributed by atoms with Crippen LogP contribution in [0.3, 0.4) is 0 Å². The first-order chi connectivity index (χ1) is 12.6. The second-order valence-electron chi connectivity index (χ2n) is 6.03. The summed E-state index contributed by atoms with van der Waals surface area (Å²) < 4.78 is 21.2. The molecule has 0 fully saturated rings. The van der Waals surface area contributed by atoms with Crippen molar-refractivity contribution in [3.8, 4) is 11.4 Å². The summed E-state index contributed by atoms with van der Waals surface area (Å²) in [5.41, 5.74) is 2.48. The number of methoxy groups -OCH3 is 1. The van der Waals surface area contributed by atoms with E-state index in [0.717, 1.165) is 15.6 Å². The average molecular weight is 416 g/mol. The molecule has 1 aliphatic heterocycles. The van der Waals surface area contributed by atoms with Crippen molar-refractivity contribution in [2.75, 3.05) is 12.4 Å². The molecule has 26 heavy (non-hydrogen) atoms. The van der Waals surface area contributed by atoms with Crippen molar-refractivity contribution in [2.24, 2.45) is 0 Å². The number of benzene rings is 2. The predicted octanol–water partition coefficient (Wildman–Crippen LogP) is 4.26. The van der Waals surface area contributed by atoms with Gasteiger partial charge in [-0.15, -0.1) is 0 Å². The smallest absolute Gasteiger partial charge is 0.226 e. The van der Waals surface area contributed by atoms with Gasteiger partial charge < -0.3 is 10.1 Å². The molecule has 1 N–H and O–H groups in total. The zero-order valence-electron chi connectivity index (χ0n) is 13.9. The summed E-state index contributed by atoms with van der Waals surface area (Å²) in [6.07, 6.45) is 2.04. The number of halogens is 2. The minimum Gasteiger partial charge on any atom is -0.496 e. The first-order valence-corrected chi connectivity index (χ1v) is 8.83. The fourth-order valence-electron chi connectivity index (χ4n) is 3.25. The highest BCUT2D eigenvalue weighted by Crippen LogP contribution is 2.42. The number of anilines is 1. The summed E-state index contributed by atoms with van der Waals surface area (Å²) in [6.45, 7) is 0. The van der Waals surface area contributed by atoms with Gasteiger partial charge in [0.2, 0.25) is 5.91 Å². The van der Waals surface area contributed by atoms with E-state index in [9.17, 15) is 9.18 Å². The van der Waals surface area contributed by atoms with E-state index in [1.54, 1.807) is 30.1 Å². The molecular weight excluding hydrogens is 401 g/mol. The molecule has 2 heterocycles. The van der Waals surface area contributed by atoms with Crippen molar-refractivity contribution >= 4 is 27.7 Å². The Labute approximate surface area is 157 Å². The van der Waals surface area contributed by atoms with Crippen molar-refractivity contribution in [3.63, 3.8) is 0 Å². The summed E-state index contributed by atoms with van der Waals surface area (Å²) in [7, 11) is 1.61. The van der Waals surface area contributed by atoms with Crippen LogP contribution in [0.25, 0.3) is 5.69 Å². The third-order valence-corrected chi connectivity index (χ3v) is 4.95. The molecule has 0 saturated carbocycles. The second kappa shape index (κ2) is 6.57. The highest BCUT2D eigenvalue weighted by Gasteiger charge is 2.32. The lowest BCUT2D eigenvalue weighted by Crippen LogP contribution is -2.24. The van der Waals surface area contributed by atoms with Crippen molar-refractivity contribution in [3.05, 3.63) is 70.1 Å². The Hall–Kier alpha value is -2.67. The molecule has 0 spiro atoms. The molecule has 1 amide bonds. The summed E-state index contributed by atoms with van der Waals surface area (Å²) in [5.74, 6) is 0.706. The Morgan fingerprint density at radius 1 is 1.23 bits per heavy atom. The summed E-state index contributed by atoms with van der Waals surface area (Å²) in [4.78, 5) is 12.4. The van der Waals surface area contributed by atoms with Gasteiger partial charge in [0.05, 0.1) is 19.0 Å². The normalized spacial score (nSPS) is 16.1. The van der Waals surface area contributed by atoms with Gasteiger partial charge in [0.25, 0.3) is 0 Å². The van der Waals surface area contributed by atoms with Gasteiger partial charge in [-0.25, -0.2) is 9.07 Å². The number of hydrogen-bond donors (Lipinski definition) is 1. The minimum atomic E-state index is -0.324. The second-order valence-corrected chi connectivity index (χ2v) is 6.94. The zero-order chi connectivity index (χ0) is 18.3. The van der Waals surface area contributed by atoms with Gasteiger partial charge in [0.1, 0.15) is 17.4 Å². The van der Waals surface area contributed by atoms with Gasteiger partial charge in [-0.1, -0.05) is 15.9 Å². The molecule has 0 radical (unpaired) electrons. The molecule has 0 unspecified atom stereocenters. The van der Waals surface area contributed by atoms with Crippen LogP contribution in [0.2, 0.25) is 0 Å². The lowest BCUT2D eigenvalue weighted by atomic mass is 9.87. The summed E-state index contributed by atoms with van der Waals surface area (Å²) in [6, 6.07) is 11.7. The number of carbonyl (C=O) groups is 1. The van der Waals surface area contributed by atoms with Gasteiger partial charge in [0, 0.05) is 27.9 Å². The number of fused-ring (bicyclic) bond motifs is 1. The molecule has 1 atom stereocenters. The number of nitrogens with zero attached hydrogens (tertiary/aromatic N) is 2. The van der Waals surface area contributed by atoms with E-state index in [1.165, 1.54) is 12.1 Å². The van der Waals surface area contributed by atoms with E-state index in [0.29, 0.717) is 23.7 Å². The number of rotatable bonds is 3. The van der Waals surface area contributed by atoms with Gasteiger partial charge >= 0.3 is 0 Å². The summed E-state index contributed by atoms with van der Waals surface area (Å²) >= 11 is 3.48. The predicted molar refractivity (Wildman–Crippen MR) is 99.3 cm³/mol. The molecule has 1 aromatic heterocycles. The molecular formula is C19H15BrFN3O2. The summed E-state index contributed by atoms with van der Waals surface area (Å²) in [5, 5.41) is 7.30. The molecule has 5 nitrogen and oxygen atoms in total. The van der Waals surface area contributed by atoms with Crippen LogP contribution in [0.15, 0.2) is 53.1 Å². The zero-order valence-corrected chi connectivity index (χ0v) is 15.5. The van der Waals surface area contributed by atoms with Crippen LogP contribution in [0.5, 0.6) is 5.75 Å². The van der Waals surface area contributed by atoms with Crippen LogP contribution in [0, 0.1) is 5.82 Å². The standard InChI is InChI=1S/C19H15BrFN3O2/c1-26-17-7-2-11(20)8-15(17)14-9-18(25)23-19-16(14)10-22-24(19)13-5-3-12(21)4-6-13/h2-8,10,14H,9H2,1H3,(H,23,25)/t14-/m1/s1. The Kier molecular flexibility index (Phi) is 4.24. The first-order valence-electron chi connectivity index (χ1n) is 8.04.